The van der Waals surface area contributed by atoms with Gasteiger partial charge in [0.25, 0.3) is 0 Å². The number of piperidine rings is 1. The van der Waals surface area contributed by atoms with Gasteiger partial charge in [-0.25, -0.2) is 4.79 Å². The van der Waals surface area contributed by atoms with E-state index in [2.05, 4.69) is 6.58 Å². The molecule has 2 aliphatic heterocycles. The highest BCUT2D eigenvalue weighted by Gasteiger charge is 2.57. The lowest BCUT2D eigenvalue weighted by molar-refractivity contribution is -0.0429. The molecule has 0 radical (unpaired) electrons. The summed E-state index contributed by atoms with van der Waals surface area (Å²) in [6.45, 7) is 8.07. The minimum Gasteiger partial charge on any atom is -0.494 e. The summed E-state index contributed by atoms with van der Waals surface area (Å²) in [5.74, 6) is 0.213. The van der Waals surface area contributed by atoms with Gasteiger partial charge in [0, 0.05) is 13.6 Å². The van der Waals surface area contributed by atoms with Crippen LogP contribution in [0.4, 0.5) is 4.79 Å². The lowest BCUT2D eigenvalue weighted by Gasteiger charge is -2.45. The molecule has 3 rings (SSSR count). The van der Waals surface area contributed by atoms with Crippen molar-refractivity contribution in [1.29, 1.82) is 0 Å². The summed E-state index contributed by atoms with van der Waals surface area (Å²) >= 11 is 0. The van der Waals surface area contributed by atoms with Crippen LogP contribution in [0.25, 0.3) is 0 Å². The molecule has 0 aliphatic carbocycles. The van der Waals surface area contributed by atoms with E-state index in [0.717, 1.165) is 0 Å². The molecule has 3 heterocycles. The number of ether oxygens (including phenoxy) is 2. The monoisotopic (exact) mass is 322 g/mol. The summed E-state index contributed by atoms with van der Waals surface area (Å²) in [5, 5.41) is 20.5. The fourth-order valence-electron chi connectivity index (χ4n) is 3.83. The van der Waals surface area contributed by atoms with Gasteiger partial charge in [-0.05, 0) is 19.3 Å². The first-order chi connectivity index (χ1) is 10.8. The van der Waals surface area contributed by atoms with Crippen LogP contribution in [0.1, 0.15) is 31.9 Å². The van der Waals surface area contributed by atoms with Gasteiger partial charge < -0.3 is 19.7 Å². The molecule has 3 atom stereocenters. The second-order valence-electron chi connectivity index (χ2n) is 6.59. The fraction of sp³-hybridized carbons (Fsp3) is 0.562. The highest BCUT2D eigenvalue weighted by Crippen LogP contribution is 2.58. The third-order valence-corrected chi connectivity index (χ3v) is 4.64. The lowest BCUT2D eigenvalue weighted by Crippen LogP contribution is -2.54. The maximum atomic E-state index is 12.4. The lowest BCUT2D eigenvalue weighted by atomic mass is 9.80. The highest BCUT2D eigenvalue weighted by atomic mass is 16.6. The molecule has 126 valence electrons. The second kappa shape index (κ2) is 5.11. The molecule has 1 saturated heterocycles. The van der Waals surface area contributed by atoms with Crippen LogP contribution in [-0.2, 0) is 11.8 Å². The van der Waals surface area contributed by atoms with E-state index in [1.807, 2.05) is 13.8 Å². The average molecular weight is 322 g/mol. The molecule has 0 unspecified atom stereocenters. The number of amides is 1. The van der Waals surface area contributed by atoms with Crippen LogP contribution in [0.15, 0.2) is 12.7 Å². The van der Waals surface area contributed by atoms with Gasteiger partial charge in [-0.2, -0.15) is 0 Å². The van der Waals surface area contributed by atoms with Crippen LogP contribution in [-0.4, -0.2) is 44.5 Å². The topological polar surface area (TPSA) is 84.2 Å². The fourth-order valence-corrected chi connectivity index (χ4v) is 3.83. The van der Waals surface area contributed by atoms with E-state index in [1.165, 1.54) is 17.7 Å². The largest absolute Gasteiger partial charge is 0.494 e. The molecule has 1 amide bonds. The Hall–Kier alpha value is -2.31. The van der Waals surface area contributed by atoms with Gasteiger partial charge in [-0.3, -0.25) is 9.47 Å². The molecule has 7 heteroatoms. The number of hydrogen-bond acceptors (Lipinski definition) is 5. The molecule has 1 aromatic rings. The normalized spacial score (nSPS) is 28.7. The van der Waals surface area contributed by atoms with Gasteiger partial charge in [-0.15, -0.1) is 0 Å². The number of aromatic nitrogens is 1. The zero-order valence-corrected chi connectivity index (χ0v) is 13.6. The van der Waals surface area contributed by atoms with Crippen LogP contribution in [0.2, 0.25) is 0 Å². The van der Waals surface area contributed by atoms with Crippen molar-refractivity contribution in [1.82, 2.24) is 9.47 Å². The number of carbonyl (C=O) groups is 1. The molecule has 0 bridgehead atoms. The summed E-state index contributed by atoms with van der Waals surface area (Å²) in [6.07, 6.45) is 1.74. The van der Waals surface area contributed by atoms with Gasteiger partial charge in [-0.1, -0.05) is 19.6 Å². The first-order valence-electron chi connectivity index (χ1n) is 7.64. The smallest absolute Gasteiger partial charge is 0.410 e. The Morgan fingerprint density at radius 2 is 2.22 bits per heavy atom. The summed E-state index contributed by atoms with van der Waals surface area (Å²) in [5.41, 5.74) is -0.270. The van der Waals surface area contributed by atoms with Crippen molar-refractivity contribution in [2.75, 3.05) is 13.2 Å². The Kier molecular flexibility index (Phi) is 3.46. The van der Waals surface area contributed by atoms with Crippen molar-refractivity contribution in [3.8, 4) is 17.5 Å². The van der Waals surface area contributed by atoms with E-state index in [-0.39, 0.29) is 30.0 Å². The van der Waals surface area contributed by atoms with Gasteiger partial charge in [0.2, 0.25) is 11.8 Å². The number of carbonyl (C=O) groups excluding carboxylic acids is 1. The van der Waals surface area contributed by atoms with E-state index < -0.39 is 17.7 Å². The van der Waals surface area contributed by atoms with E-state index in [1.54, 1.807) is 4.90 Å². The first kappa shape index (κ1) is 15.6. The Morgan fingerprint density at radius 1 is 1.52 bits per heavy atom. The molecule has 2 aliphatic rings. The van der Waals surface area contributed by atoms with Crippen LogP contribution in [0, 0.1) is 5.92 Å². The summed E-state index contributed by atoms with van der Waals surface area (Å²) in [4.78, 5) is 14.0. The SMILES string of the molecule is C=CCOC(=O)N1C[C@H](C)C[C@]2(C)Oc3c(c(O)n(C)c3O)[C@H]12. The van der Waals surface area contributed by atoms with Crippen LogP contribution in [0.3, 0.4) is 0 Å². The van der Waals surface area contributed by atoms with E-state index in [4.69, 9.17) is 9.47 Å². The number of nitrogens with zero attached hydrogens (tertiary/aromatic N) is 2. The van der Waals surface area contributed by atoms with Crippen LogP contribution < -0.4 is 4.74 Å². The molecule has 0 aromatic carbocycles. The number of rotatable bonds is 2. The first-order valence-corrected chi connectivity index (χ1v) is 7.64. The summed E-state index contributed by atoms with van der Waals surface area (Å²) in [6, 6.07) is -0.502. The van der Waals surface area contributed by atoms with Crippen LogP contribution >= 0.6 is 0 Å². The van der Waals surface area contributed by atoms with Crippen LogP contribution in [0.5, 0.6) is 17.5 Å². The van der Waals surface area contributed by atoms with Gasteiger partial charge in [0.05, 0.1) is 5.56 Å². The summed E-state index contributed by atoms with van der Waals surface area (Å²) < 4.78 is 12.4. The third kappa shape index (κ3) is 2.14. The maximum absolute atomic E-state index is 12.4. The van der Waals surface area contributed by atoms with E-state index >= 15 is 0 Å². The molecule has 2 N–H and O–H groups in total. The summed E-state index contributed by atoms with van der Waals surface area (Å²) in [7, 11) is 1.54. The zero-order chi connectivity index (χ0) is 16.9. The van der Waals surface area contributed by atoms with Crippen molar-refractivity contribution in [2.45, 2.75) is 31.9 Å². The van der Waals surface area contributed by atoms with Gasteiger partial charge in [0.15, 0.2) is 5.75 Å². The predicted octanol–water partition coefficient (Wildman–Crippen LogP) is 2.29. The molecule has 7 nitrogen and oxygen atoms in total. The third-order valence-electron chi connectivity index (χ3n) is 4.64. The number of likely N-dealkylation sites (tertiary alicyclic amines) is 1. The predicted molar refractivity (Wildman–Crippen MR) is 82.5 cm³/mol. The van der Waals surface area contributed by atoms with Crippen molar-refractivity contribution in [2.24, 2.45) is 13.0 Å². The van der Waals surface area contributed by atoms with Crippen molar-refractivity contribution < 1.29 is 24.5 Å². The van der Waals surface area contributed by atoms with E-state index in [0.29, 0.717) is 18.5 Å². The Labute approximate surface area is 134 Å². The standard InChI is InChI=1S/C16H22N2O5/c1-5-6-22-15(21)18-8-9(2)7-16(3)12(18)10-11(23-16)14(20)17(4)13(10)19/h5,9,12,19-20H,1,6-8H2,2-4H3/t9-,12+,16+/m1/s1. The minimum absolute atomic E-state index is 0.0951. The second-order valence-corrected chi connectivity index (χ2v) is 6.59. The highest BCUT2D eigenvalue weighted by molar-refractivity contribution is 5.71. The van der Waals surface area contributed by atoms with Crippen molar-refractivity contribution in [3.63, 3.8) is 0 Å². The van der Waals surface area contributed by atoms with E-state index in [9.17, 15) is 15.0 Å². The molecule has 0 spiro atoms. The quantitative estimate of drug-likeness (QED) is 0.816. The Balaban J connectivity index is 2.05. The van der Waals surface area contributed by atoms with Crippen molar-refractivity contribution >= 4 is 6.09 Å². The van der Waals surface area contributed by atoms with Crippen molar-refractivity contribution in [3.05, 3.63) is 18.2 Å². The molecule has 23 heavy (non-hydrogen) atoms. The number of aromatic hydroxyl groups is 2. The maximum Gasteiger partial charge on any atom is 0.410 e. The number of fused-ring (bicyclic) bond motifs is 3. The zero-order valence-electron chi connectivity index (χ0n) is 13.6. The van der Waals surface area contributed by atoms with Gasteiger partial charge >= 0.3 is 6.09 Å². The molecule has 1 aromatic heterocycles. The molecule has 0 saturated carbocycles. The molecule has 1 fully saturated rings. The average Bonchev–Trinajstić information content (AvgIpc) is 2.90. The van der Waals surface area contributed by atoms with Gasteiger partial charge in [0.1, 0.15) is 18.2 Å². The molecular formula is C16H22N2O5. The Bertz CT molecular complexity index is 668. The number of hydrogen-bond donors (Lipinski definition) is 2. The minimum atomic E-state index is -0.710. The Morgan fingerprint density at radius 3 is 2.87 bits per heavy atom. The molecular weight excluding hydrogens is 300 g/mol.